The molecule has 36 heavy (non-hydrogen) atoms. The molecule has 188 valence electrons. The van der Waals surface area contributed by atoms with Gasteiger partial charge in [0.2, 0.25) is 0 Å². The number of carbonyl (C=O) groups is 3. The van der Waals surface area contributed by atoms with Crippen LogP contribution in [0, 0.1) is 0 Å². The standard InChI is InChI=1S/C26H28N4O6/c1-3-35-26(33)30-23(24(31)34-2)17-36-22-12-7-9-19(15-22)18-8-6-11-20(14-18)29-25(32)28-16-21-10-4-5-13-27-21/h4-15,23H,3,16-17H2,1-2H3,(H,30,33)(H2,28,29,32). The van der Waals surface area contributed by atoms with Gasteiger partial charge in [0.1, 0.15) is 12.4 Å². The molecule has 0 saturated heterocycles. The average Bonchev–Trinajstić information content (AvgIpc) is 2.90. The van der Waals surface area contributed by atoms with Crippen molar-refractivity contribution in [3.8, 4) is 16.9 Å². The largest absolute Gasteiger partial charge is 0.491 e. The van der Waals surface area contributed by atoms with E-state index in [0.29, 0.717) is 18.0 Å². The summed E-state index contributed by atoms with van der Waals surface area (Å²) < 4.78 is 15.3. The summed E-state index contributed by atoms with van der Waals surface area (Å²) in [5, 5.41) is 8.00. The lowest BCUT2D eigenvalue weighted by molar-refractivity contribution is -0.143. The number of benzene rings is 2. The number of carbonyl (C=O) groups excluding carboxylic acids is 3. The van der Waals surface area contributed by atoms with Crippen molar-refractivity contribution in [2.24, 2.45) is 0 Å². The van der Waals surface area contributed by atoms with Gasteiger partial charge < -0.3 is 30.2 Å². The number of rotatable bonds is 10. The minimum atomic E-state index is -1.03. The highest BCUT2D eigenvalue weighted by atomic mass is 16.6. The predicted octanol–water partition coefficient (Wildman–Crippen LogP) is 3.74. The summed E-state index contributed by atoms with van der Waals surface area (Å²) in [6.07, 6.45) is 0.932. The number of aromatic nitrogens is 1. The third-order valence-corrected chi connectivity index (χ3v) is 4.91. The monoisotopic (exact) mass is 492 g/mol. The number of anilines is 1. The molecule has 0 bridgehead atoms. The fourth-order valence-electron chi connectivity index (χ4n) is 3.20. The number of nitrogens with one attached hydrogen (secondary N) is 3. The van der Waals surface area contributed by atoms with Crippen LogP contribution in [-0.4, -0.2) is 49.4 Å². The van der Waals surface area contributed by atoms with Gasteiger partial charge in [-0.25, -0.2) is 14.4 Å². The fraction of sp³-hybridized carbons (Fsp3) is 0.231. The van der Waals surface area contributed by atoms with Crippen molar-refractivity contribution in [1.29, 1.82) is 0 Å². The number of amides is 3. The summed E-state index contributed by atoms with van der Waals surface area (Å²) in [5.41, 5.74) is 3.04. The van der Waals surface area contributed by atoms with Crippen LogP contribution < -0.4 is 20.7 Å². The van der Waals surface area contributed by atoms with Crippen LogP contribution in [-0.2, 0) is 20.8 Å². The van der Waals surface area contributed by atoms with Gasteiger partial charge in [0.05, 0.1) is 26.0 Å². The molecule has 1 unspecified atom stereocenters. The lowest BCUT2D eigenvalue weighted by Gasteiger charge is -2.17. The van der Waals surface area contributed by atoms with Crippen LogP contribution in [0.2, 0.25) is 0 Å². The van der Waals surface area contributed by atoms with Crippen molar-refractivity contribution in [2.75, 3.05) is 25.6 Å². The van der Waals surface area contributed by atoms with Crippen molar-refractivity contribution < 1.29 is 28.6 Å². The van der Waals surface area contributed by atoms with Crippen molar-refractivity contribution in [2.45, 2.75) is 19.5 Å². The number of nitrogens with zero attached hydrogens (tertiary/aromatic N) is 1. The fourth-order valence-corrected chi connectivity index (χ4v) is 3.20. The zero-order chi connectivity index (χ0) is 25.8. The molecular weight excluding hydrogens is 464 g/mol. The number of pyridine rings is 1. The van der Waals surface area contributed by atoms with Crippen LogP contribution in [0.15, 0.2) is 72.9 Å². The summed E-state index contributed by atoms with van der Waals surface area (Å²) >= 11 is 0. The second kappa shape index (κ2) is 13.3. The van der Waals surface area contributed by atoms with Gasteiger partial charge in [-0.2, -0.15) is 0 Å². The molecule has 0 saturated carbocycles. The van der Waals surface area contributed by atoms with E-state index in [0.717, 1.165) is 16.8 Å². The summed E-state index contributed by atoms with van der Waals surface area (Å²) in [5.74, 6) is -0.169. The van der Waals surface area contributed by atoms with Crippen LogP contribution >= 0.6 is 0 Å². The Balaban J connectivity index is 1.62. The SMILES string of the molecule is CCOC(=O)NC(COc1cccc(-c2cccc(NC(=O)NCc3ccccn3)c2)c1)C(=O)OC. The summed E-state index contributed by atoms with van der Waals surface area (Å²) in [6, 6.07) is 18.7. The second-order valence-corrected chi connectivity index (χ2v) is 7.49. The molecule has 1 aromatic heterocycles. The first-order valence-corrected chi connectivity index (χ1v) is 11.3. The summed E-state index contributed by atoms with van der Waals surface area (Å²) in [4.78, 5) is 40.2. The molecule has 0 fully saturated rings. The molecule has 3 aromatic rings. The third-order valence-electron chi connectivity index (χ3n) is 4.91. The van der Waals surface area contributed by atoms with Gasteiger partial charge in [-0.1, -0.05) is 30.3 Å². The lowest BCUT2D eigenvalue weighted by Crippen LogP contribution is -2.45. The number of alkyl carbamates (subject to hydrolysis) is 1. The molecule has 1 atom stereocenters. The number of hydrogen-bond donors (Lipinski definition) is 3. The molecule has 10 nitrogen and oxygen atoms in total. The Bertz CT molecular complexity index is 1170. The van der Waals surface area contributed by atoms with Crippen LogP contribution in [0.25, 0.3) is 11.1 Å². The van der Waals surface area contributed by atoms with E-state index in [4.69, 9.17) is 14.2 Å². The summed E-state index contributed by atoms with van der Waals surface area (Å²) in [6.45, 7) is 1.99. The number of ether oxygens (including phenoxy) is 3. The first kappa shape index (κ1) is 26.0. The Morgan fingerprint density at radius 2 is 1.75 bits per heavy atom. The molecule has 0 aliphatic rings. The van der Waals surface area contributed by atoms with Gasteiger partial charge in [0, 0.05) is 11.9 Å². The molecule has 0 radical (unpaired) electrons. The molecule has 3 rings (SSSR count). The van der Waals surface area contributed by atoms with Gasteiger partial charge in [0.15, 0.2) is 6.04 Å². The molecule has 10 heteroatoms. The van der Waals surface area contributed by atoms with Crippen molar-refractivity contribution >= 4 is 23.8 Å². The van der Waals surface area contributed by atoms with Gasteiger partial charge in [0.25, 0.3) is 0 Å². The van der Waals surface area contributed by atoms with Crippen molar-refractivity contribution in [1.82, 2.24) is 15.6 Å². The van der Waals surface area contributed by atoms with E-state index in [2.05, 4.69) is 20.9 Å². The van der Waals surface area contributed by atoms with E-state index in [1.54, 1.807) is 37.4 Å². The molecule has 3 amide bonds. The highest BCUT2D eigenvalue weighted by Crippen LogP contribution is 2.26. The molecule has 3 N–H and O–H groups in total. The minimum absolute atomic E-state index is 0.146. The number of methoxy groups -OCH3 is 1. The van der Waals surface area contributed by atoms with Crippen molar-refractivity contribution in [3.63, 3.8) is 0 Å². The van der Waals surface area contributed by atoms with Gasteiger partial charge in [-0.15, -0.1) is 0 Å². The van der Waals surface area contributed by atoms with Crippen LogP contribution in [0.4, 0.5) is 15.3 Å². The highest BCUT2D eigenvalue weighted by Gasteiger charge is 2.23. The molecule has 1 heterocycles. The smallest absolute Gasteiger partial charge is 0.407 e. The Morgan fingerprint density at radius 1 is 0.972 bits per heavy atom. The summed E-state index contributed by atoms with van der Waals surface area (Å²) in [7, 11) is 1.22. The quantitative estimate of drug-likeness (QED) is 0.368. The zero-order valence-electron chi connectivity index (χ0n) is 20.0. The van der Waals surface area contributed by atoms with Crippen LogP contribution in [0.5, 0.6) is 5.75 Å². The van der Waals surface area contributed by atoms with E-state index in [1.807, 2.05) is 42.5 Å². The number of esters is 1. The van der Waals surface area contributed by atoms with Crippen LogP contribution in [0.3, 0.4) is 0 Å². The Morgan fingerprint density at radius 3 is 2.47 bits per heavy atom. The first-order chi connectivity index (χ1) is 17.5. The van der Waals surface area contributed by atoms with E-state index in [1.165, 1.54) is 7.11 Å². The topological polar surface area (TPSA) is 128 Å². The zero-order valence-corrected chi connectivity index (χ0v) is 20.0. The van der Waals surface area contributed by atoms with Gasteiger partial charge in [-0.3, -0.25) is 4.98 Å². The Kier molecular flexibility index (Phi) is 9.63. The lowest BCUT2D eigenvalue weighted by atomic mass is 10.0. The van der Waals surface area contributed by atoms with Crippen molar-refractivity contribution in [3.05, 3.63) is 78.6 Å². The van der Waals surface area contributed by atoms with Gasteiger partial charge >= 0.3 is 18.1 Å². The molecule has 0 spiro atoms. The Labute approximate surface area is 209 Å². The van der Waals surface area contributed by atoms with Crippen LogP contribution in [0.1, 0.15) is 12.6 Å². The highest BCUT2D eigenvalue weighted by molar-refractivity contribution is 5.90. The predicted molar refractivity (Wildman–Crippen MR) is 133 cm³/mol. The first-order valence-electron chi connectivity index (χ1n) is 11.3. The number of urea groups is 1. The molecular formula is C26H28N4O6. The third kappa shape index (κ3) is 8.01. The normalized spacial score (nSPS) is 11.1. The molecule has 2 aromatic carbocycles. The van der Waals surface area contributed by atoms with Gasteiger partial charge in [-0.05, 0) is 54.4 Å². The Hall–Kier alpha value is -4.60. The average molecular weight is 493 g/mol. The van der Waals surface area contributed by atoms with E-state index in [-0.39, 0.29) is 19.2 Å². The maximum atomic E-state index is 12.3. The molecule has 0 aliphatic carbocycles. The van der Waals surface area contributed by atoms with E-state index >= 15 is 0 Å². The maximum Gasteiger partial charge on any atom is 0.407 e. The van der Waals surface area contributed by atoms with E-state index in [9.17, 15) is 14.4 Å². The molecule has 0 aliphatic heterocycles. The second-order valence-electron chi connectivity index (χ2n) is 7.49. The maximum absolute atomic E-state index is 12.3. The van der Waals surface area contributed by atoms with E-state index < -0.39 is 18.1 Å². The minimum Gasteiger partial charge on any atom is -0.491 e. The number of hydrogen-bond acceptors (Lipinski definition) is 7.